The molecule has 0 fully saturated rings. The highest BCUT2D eigenvalue weighted by atomic mass is 35.5. The lowest BCUT2D eigenvalue weighted by Gasteiger charge is -2.07. The monoisotopic (exact) mass is 227 g/mol. The van der Waals surface area contributed by atoms with Crippen LogP contribution in [0.25, 0.3) is 0 Å². The van der Waals surface area contributed by atoms with E-state index < -0.39 is 0 Å². The number of hydrogen-bond acceptors (Lipinski definition) is 2. The Morgan fingerprint density at radius 2 is 2.20 bits per heavy atom. The van der Waals surface area contributed by atoms with E-state index in [9.17, 15) is 0 Å². The van der Waals surface area contributed by atoms with E-state index in [1.54, 1.807) is 6.07 Å². The summed E-state index contributed by atoms with van der Waals surface area (Å²) < 4.78 is 5.25. The van der Waals surface area contributed by atoms with Gasteiger partial charge in [-0.1, -0.05) is 18.9 Å². The van der Waals surface area contributed by atoms with Crippen molar-refractivity contribution < 1.29 is 4.42 Å². The van der Waals surface area contributed by atoms with Gasteiger partial charge < -0.3 is 10.2 Å². The summed E-state index contributed by atoms with van der Waals surface area (Å²) in [7, 11) is 0. The summed E-state index contributed by atoms with van der Waals surface area (Å²) in [6.07, 6.45) is 7.48. The highest BCUT2D eigenvalue weighted by molar-refractivity contribution is 6.28. The Labute approximate surface area is 96.1 Å². The zero-order valence-corrected chi connectivity index (χ0v) is 9.67. The number of furan rings is 1. The van der Waals surface area contributed by atoms with E-state index in [-0.39, 0.29) is 6.04 Å². The Morgan fingerprint density at radius 1 is 1.40 bits per heavy atom. The van der Waals surface area contributed by atoms with Gasteiger partial charge in [0.15, 0.2) is 5.22 Å². The first-order valence-electron chi connectivity index (χ1n) is 5.35. The second-order valence-corrected chi connectivity index (χ2v) is 4.05. The van der Waals surface area contributed by atoms with Gasteiger partial charge >= 0.3 is 0 Å². The van der Waals surface area contributed by atoms with Crippen molar-refractivity contribution in [2.24, 2.45) is 5.73 Å². The van der Waals surface area contributed by atoms with Crippen molar-refractivity contribution in [1.29, 1.82) is 0 Å². The third-order valence-electron chi connectivity index (χ3n) is 2.38. The van der Waals surface area contributed by atoms with Gasteiger partial charge in [0.2, 0.25) is 0 Å². The van der Waals surface area contributed by atoms with E-state index >= 15 is 0 Å². The molecule has 0 aliphatic heterocycles. The first kappa shape index (κ1) is 12.3. The normalized spacial score (nSPS) is 12.7. The molecule has 1 rings (SSSR count). The van der Waals surface area contributed by atoms with Crippen LogP contribution >= 0.6 is 11.6 Å². The fourth-order valence-corrected chi connectivity index (χ4v) is 1.65. The van der Waals surface area contributed by atoms with Crippen molar-refractivity contribution in [2.75, 3.05) is 0 Å². The maximum Gasteiger partial charge on any atom is 0.193 e. The number of unbranched alkanes of at least 4 members (excludes halogenated alkanes) is 3. The molecule has 84 valence electrons. The molecule has 2 N–H and O–H groups in total. The van der Waals surface area contributed by atoms with Crippen molar-refractivity contribution in [3.05, 3.63) is 35.8 Å². The molecule has 0 amide bonds. The molecule has 0 spiro atoms. The van der Waals surface area contributed by atoms with Crippen LogP contribution in [-0.4, -0.2) is 0 Å². The van der Waals surface area contributed by atoms with Gasteiger partial charge in [0.1, 0.15) is 5.76 Å². The third kappa shape index (κ3) is 4.54. The Balaban J connectivity index is 2.18. The van der Waals surface area contributed by atoms with Gasteiger partial charge in [0.05, 0.1) is 6.04 Å². The van der Waals surface area contributed by atoms with Gasteiger partial charge in [-0.3, -0.25) is 0 Å². The molecule has 1 aromatic rings. The number of halogens is 1. The minimum atomic E-state index is -0.0266. The second-order valence-electron chi connectivity index (χ2n) is 3.68. The maximum atomic E-state index is 5.95. The van der Waals surface area contributed by atoms with E-state index in [1.165, 1.54) is 12.8 Å². The summed E-state index contributed by atoms with van der Waals surface area (Å²) in [5, 5.41) is 0.409. The van der Waals surface area contributed by atoms with E-state index in [0.717, 1.165) is 25.0 Å². The van der Waals surface area contributed by atoms with Gasteiger partial charge in [-0.15, -0.1) is 6.58 Å². The van der Waals surface area contributed by atoms with Gasteiger partial charge in [-0.05, 0) is 43.0 Å². The Hall–Kier alpha value is -0.730. The quantitative estimate of drug-likeness (QED) is 0.563. The molecular formula is C12H18ClNO. The SMILES string of the molecule is C=CCCCCCC(N)c1ccc(Cl)o1. The minimum absolute atomic E-state index is 0.0266. The Bertz CT molecular complexity index is 296. The van der Waals surface area contributed by atoms with Gasteiger partial charge in [0.25, 0.3) is 0 Å². The van der Waals surface area contributed by atoms with Crippen LogP contribution in [0.4, 0.5) is 0 Å². The lowest BCUT2D eigenvalue weighted by molar-refractivity contribution is 0.442. The van der Waals surface area contributed by atoms with Crippen LogP contribution in [-0.2, 0) is 0 Å². The fourth-order valence-electron chi connectivity index (χ4n) is 1.50. The number of rotatable bonds is 7. The molecule has 0 saturated heterocycles. The largest absolute Gasteiger partial charge is 0.448 e. The molecule has 0 aromatic carbocycles. The Morgan fingerprint density at radius 3 is 2.80 bits per heavy atom. The van der Waals surface area contributed by atoms with Crippen LogP contribution in [0.5, 0.6) is 0 Å². The summed E-state index contributed by atoms with van der Waals surface area (Å²) >= 11 is 5.67. The molecule has 3 heteroatoms. The van der Waals surface area contributed by atoms with Gasteiger partial charge in [-0.2, -0.15) is 0 Å². The maximum absolute atomic E-state index is 5.95. The van der Waals surface area contributed by atoms with E-state index in [0.29, 0.717) is 5.22 Å². The molecule has 1 atom stereocenters. The molecule has 2 nitrogen and oxygen atoms in total. The molecule has 1 unspecified atom stereocenters. The molecule has 1 aromatic heterocycles. The molecule has 15 heavy (non-hydrogen) atoms. The van der Waals surface area contributed by atoms with Crippen LogP contribution in [0.1, 0.15) is 43.9 Å². The molecule has 0 bridgehead atoms. The van der Waals surface area contributed by atoms with Crippen LogP contribution in [0.2, 0.25) is 5.22 Å². The second kappa shape index (κ2) is 6.70. The summed E-state index contributed by atoms with van der Waals surface area (Å²) in [5.74, 6) is 0.781. The molecule has 0 aliphatic carbocycles. The van der Waals surface area contributed by atoms with E-state index in [1.807, 2.05) is 12.1 Å². The summed E-state index contributed by atoms with van der Waals surface area (Å²) in [6.45, 7) is 3.69. The fraction of sp³-hybridized carbons (Fsp3) is 0.500. The van der Waals surface area contributed by atoms with Gasteiger partial charge in [-0.25, -0.2) is 0 Å². The van der Waals surface area contributed by atoms with Crippen LogP contribution in [0.15, 0.2) is 29.2 Å². The van der Waals surface area contributed by atoms with Crippen molar-refractivity contribution >= 4 is 11.6 Å². The van der Waals surface area contributed by atoms with E-state index in [2.05, 4.69) is 6.58 Å². The molecule has 0 aliphatic rings. The first-order chi connectivity index (χ1) is 7.24. The third-order valence-corrected chi connectivity index (χ3v) is 2.59. The smallest absolute Gasteiger partial charge is 0.193 e. The number of nitrogens with two attached hydrogens (primary N) is 1. The van der Waals surface area contributed by atoms with E-state index in [4.69, 9.17) is 21.8 Å². The number of hydrogen-bond donors (Lipinski definition) is 1. The van der Waals surface area contributed by atoms with Crippen LogP contribution in [0.3, 0.4) is 0 Å². The highest BCUT2D eigenvalue weighted by Crippen LogP contribution is 2.22. The predicted octanol–water partition coefficient (Wildman–Crippen LogP) is 4.07. The average Bonchev–Trinajstić information content (AvgIpc) is 2.64. The van der Waals surface area contributed by atoms with Crippen molar-refractivity contribution in [1.82, 2.24) is 0 Å². The van der Waals surface area contributed by atoms with Crippen molar-refractivity contribution in [2.45, 2.75) is 38.1 Å². The average molecular weight is 228 g/mol. The van der Waals surface area contributed by atoms with Gasteiger partial charge in [0, 0.05) is 0 Å². The molecule has 0 saturated carbocycles. The van der Waals surface area contributed by atoms with Crippen LogP contribution in [0, 0.1) is 0 Å². The lowest BCUT2D eigenvalue weighted by Crippen LogP contribution is -2.08. The Kier molecular flexibility index (Phi) is 5.51. The minimum Gasteiger partial charge on any atom is -0.448 e. The van der Waals surface area contributed by atoms with Crippen molar-refractivity contribution in [3.8, 4) is 0 Å². The predicted molar refractivity (Wildman–Crippen MR) is 63.9 cm³/mol. The molecular weight excluding hydrogens is 210 g/mol. The summed E-state index contributed by atoms with van der Waals surface area (Å²) in [5.41, 5.74) is 5.95. The number of allylic oxidation sites excluding steroid dienone is 1. The summed E-state index contributed by atoms with van der Waals surface area (Å²) in [6, 6.07) is 3.55. The van der Waals surface area contributed by atoms with Crippen LogP contribution < -0.4 is 5.73 Å². The molecule has 0 radical (unpaired) electrons. The standard InChI is InChI=1S/C12H18ClNO/c1-2-3-4-5-6-7-10(14)11-8-9-12(13)15-11/h2,8-10H,1,3-7,14H2. The molecule has 1 heterocycles. The highest BCUT2D eigenvalue weighted by Gasteiger charge is 2.09. The first-order valence-corrected chi connectivity index (χ1v) is 5.73. The zero-order valence-electron chi connectivity index (χ0n) is 8.92. The van der Waals surface area contributed by atoms with Crippen molar-refractivity contribution in [3.63, 3.8) is 0 Å². The lowest BCUT2D eigenvalue weighted by atomic mass is 10.1. The topological polar surface area (TPSA) is 39.2 Å². The zero-order chi connectivity index (χ0) is 11.1. The summed E-state index contributed by atoms with van der Waals surface area (Å²) in [4.78, 5) is 0.